The topological polar surface area (TPSA) is 26.0 Å². The van der Waals surface area contributed by atoms with Gasteiger partial charge < -0.3 is 5.73 Å². The molecular weight excluding hydrogens is 255 g/mol. The Morgan fingerprint density at radius 3 is 2.06 bits per heavy atom. The van der Waals surface area contributed by atoms with Crippen LogP contribution in [0, 0.1) is 17.0 Å². The second kappa shape index (κ2) is 5.30. The second-order valence-electron chi connectivity index (χ2n) is 4.60. The third kappa shape index (κ3) is 3.06. The first-order chi connectivity index (χ1) is 6.75. The molecule has 1 aromatic carbocycles. The van der Waals surface area contributed by atoms with Gasteiger partial charge in [-0.25, -0.2) is 8.78 Å². The van der Waals surface area contributed by atoms with E-state index >= 15 is 0 Å². The third-order valence-corrected chi connectivity index (χ3v) is 2.71. The highest BCUT2D eigenvalue weighted by Gasteiger charge is 2.28. The molecule has 0 amide bonds. The van der Waals surface area contributed by atoms with Gasteiger partial charge in [-0.15, -0.1) is 12.4 Å². The normalized spacial score (nSPS) is 13.2. The number of hydrogen-bond donors (Lipinski definition) is 1. The summed E-state index contributed by atoms with van der Waals surface area (Å²) in [5.74, 6) is -1.21. The fraction of sp³-hybridized carbons (Fsp3) is 0.455. The zero-order chi connectivity index (χ0) is 11.8. The molecule has 16 heavy (non-hydrogen) atoms. The van der Waals surface area contributed by atoms with Crippen molar-refractivity contribution in [3.05, 3.63) is 34.4 Å². The van der Waals surface area contributed by atoms with Crippen molar-refractivity contribution in [2.45, 2.75) is 26.8 Å². The van der Waals surface area contributed by atoms with Gasteiger partial charge in [-0.05, 0) is 17.5 Å². The monoisotopic (exact) mass is 269 g/mol. The molecule has 0 aliphatic rings. The number of benzene rings is 1. The molecule has 0 fully saturated rings. The minimum absolute atomic E-state index is 0. The molecule has 1 atom stereocenters. The van der Waals surface area contributed by atoms with E-state index in [2.05, 4.69) is 0 Å². The van der Waals surface area contributed by atoms with E-state index in [0.717, 1.165) is 12.1 Å². The molecule has 0 saturated carbocycles. The smallest absolute Gasteiger partial charge is 0.142 e. The van der Waals surface area contributed by atoms with E-state index in [1.807, 2.05) is 20.8 Å². The molecule has 0 radical (unpaired) electrons. The van der Waals surface area contributed by atoms with Gasteiger partial charge >= 0.3 is 0 Å². The average Bonchev–Trinajstić information content (AvgIpc) is 2.10. The molecule has 0 saturated heterocycles. The maximum absolute atomic E-state index is 13.5. The van der Waals surface area contributed by atoms with Crippen LogP contribution in [0.2, 0.25) is 5.02 Å². The van der Waals surface area contributed by atoms with Crippen molar-refractivity contribution in [2.75, 3.05) is 0 Å². The Bertz CT molecular complexity index is 375. The highest BCUT2D eigenvalue weighted by molar-refractivity contribution is 6.31. The van der Waals surface area contributed by atoms with Crippen LogP contribution in [0.4, 0.5) is 8.78 Å². The third-order valence-electron chi connectivity index (χ3n) is 2.32. The first-order valence-electron chi connectivity index (χ1n) is 4.64. The summed E-state index contributed by atoms with van der Waals surface area (Å²) >= 11 is 5.70. The summed E-state index contributed by atoms with van der Waals surface area (Å²) in [6.45, 7) is 5.54. The van der Waals surface area contributed by atoms with E-state index in [-0.39, 0.29) is 28.4 Å². The number of nitrogens with two attached hydrogens (primary N) is 1. The molecule has 0 aliphatic carbocycles. The molecular formula is C11H15Cl2F2N. The van der Waals surface area contributed by atoms with Crippen molar-refractivity contribution in [1.82, 2.24) is 0 Å². The summed E-state index contributed by atoms with van der Waals surface area (Å²) in [5.41, 5.74) is 5.52. The van der Waals surface area contributed by atoms with E-state index < -0.39 is 17.7 Å². The minimum atomic E-state index is -0.646. The SMILES string of the molecule is CC(C)(C)[C@H](N)c1c(F)ccc(F)c1Cl.Cl. The molecule has 0 spiro atoms. The second-order valence-corrected chi connectivity index (χ2v) is 4.98. The molecule has 5 heteroatoms. The predicted octanol–water partition coefficient (Wildman–Crippen LogP) is 4.09. The van der Waals surface area contributed by atoms with Gasteiger partial charge in [0.05, 0.1) is 5.02 Å². The Balaban J connectivity index is 0.00000225. The van der Waals surface area contributed by atoms with Gasteiger partial charge in [0.2, 0.25) is 0 Å². The van der Waals surface area contributed by atoms with Crippen LogP contribution in [-0.4, -0.2) is 0 Å². The summed E-state index contributed by atoms with van der Waals surface area (Å²) in [4.78, 5) is 0. The Kier molecular flexibility index (Phi) is 5.17. The van der Waals surface area contributed by atoms with Crippen molar-refractivity contribution in [2.24, 2.45) is 11.1 Å². The molecule has 2 N–H and O–H groups in total. The Morgan fingerprint density at radius 2 is 1.62 bits per heavy atom. The summed E-state index contributed by atoms with van der Waals surface area (Å²) in [7, 11) is 0. The van der Waals surface area contributed by atoms with Crippen LogP contribution in [-0.2, 0) is 0 Å². The zero-order valence-corrected chi connectivity index (χ0v) is 10.9. The molecule has 0 aliphatic heterocycles. The van der Waals surface area contributed by atoms with E-state index in [9.17, 15) is 8.78 Å². The first-order valence-corrected chi connectivity index (χ1v) is 5.02. The summed E-state index contributed by atoms with van der Waals surface area (Å²) in [5, 5.41) is -0.225. The maximum Gasteiger partial charge on any atom is 0.142 e. The van der Waals surface area contributed by atoms with Gasteiger partial charge in [-0.1, -0.05) is 32.4 Å². The maximum atomic E-state index is 13.5. The average molecular weight is 270 g/mol. The van der Waals surface area contributed by atoms with Gasteiger partial charge in [0.15, 0.2) is 0 Å². The highest BCUT2D eigenvalue weighted by atomic mass is 35.5. The molecule has 1 rings (SSSR count). The molecule has 1 nitrogen and oxygen atoms in total. The van der Waals surface area contributed by atoms with Crippen molar-refractivity contribution < 1.29 is 8.78 Å². The van der Waals surface area contributed by atoms with Crippen LogP contribution in [0.5, 0.6) is 0 Å². The standard InChI is InChI=1S/C11H14ClF2N.ClH/c1-11(2,3)10(15)8-6(13)4-5-7(14)9(8)12;/h4-5,10H,15H2,1-3H3;1H/t10-;/m1./s1. The number of rotatable bonds is 1. The highest BCUT2D eigenvalue weighted by Crippen LogP contribution is 2.36. The quantitative estimate of drug-likeness (QED) is 0.764. The minimum Gasteiger partial charge on any atom is -0.323 e. The van der Waals surface area contributed by atoms with Gasteiger partial charge in [-0.3, -0.25) is 0 Å². The van der Waals surface area contributed by atoms with Gasteiger partial charge in [0, 0.05) is 11.6 Å². The lowest BCUT2D eigenvalue weighted by atomic mass is 9.83. The summed E-state index contributed by atoms with van der Waals surface area (Å²) < 4.78 is 26.6. The van der Waals surface area contributed by atoms with E-state index in [0.29, 0.717) is 0 Å². The first kappa shape index (κ1) is 15.6. The molecule has 0 aromatic heterocycles. The van der Waals surface area contributed by atoms with E-state index in [1.165, 1.54) is 0 Å². The Hall–Kier alpha value is -0.380. The van der Waals surface area contributed by atoms with Crippen LogP contribution in [0.25, 0.3) is 0 Å². The summed E-state index contributed by atoms with van der Waals surface area (Å²) in [6.07, 6.45) is 0. The van der Waals surface area contributed by atoms with Gasteiger partial charge in [-0.2, -0.15) is 0 Å². The number of halogens is 4. The van der Waals surface area contributed by atoms with Crippen molar-refractivity contribution >= 4 is 24.0 Å². The molecule has 0 heterocycles. The number of hydrogen-bond acceptors (Lipinski definition) is 1. The van der Waals surface area contributed by atoms with E-state index in [1.54, 1.807) is 0 Å². The van der Waals surface area contributed by atoms with Crippen molar-refractivity contribution in [3.8, 4) is 0 Å². The van der Waals surface area contributed by atoms with Crippen LogP contribution in [0.3, 0.4) is 0 Å². The van der Waals surface area contributed by atoms with Gasteiger partial charge in [0.1, 0.15) is 11.6 Å². The fourth-order valence-corrected chi connectivity index (χ4v) is 1.53. The molecule has 0 unspecified atom stereocenters. The Morgan fingerprint density at radius 1 is 1.19 bits per heavy atom. The summed E-state index contributed by atoms with van der Waals surface area (Å²) in [6, 6.07) is 1.40. The van der Waals surface area contributed by atoms with Crippen molar-refractivity contribution in [3.63, 3.8) is 0 Å². The van der Waals surface area contributed by atoms with Crippen LogP contribution in [0.1, 0.15) is 32.4 Å². The predicted molar refractivity (Wildman–Crippen MR) is 65.0 cm³/mol. The van der Waals surface area contributed by atoms with Crippen LogP contribution >= 0.6 is 24.0 Å². The Labute approximate surface area is 105 Å². The lowest BCUT2D eigenvalue weighted by molar-refractivity contribution is 0.318. The molecule has 0 bridgehead atoms. The molecule has 92 valence electrons. The van der Waals surface area contributed by atoms with Crippen LogP contribution < -0.4 is 5.73 Å². The van der Waals surface area contributed by atoms with Gasteiger partial charge in [0.25, 0.3) is 0 Å². The fourth-order valence-electron chi connectivity index (χ4n) is 1.26. The largest absolute Gasteiger partial charge is 0.323 e. The molecule has 1 aromatic rings. The van der Waals surface area contributed by atoms with Crippen molar-refractivity contribution in [1.29, 1.82) is 0 Å². The lowest BCUT2D eigenvalue weighted by Gasteiger charge is -2.28. The van der Waals surface area contributed by atoms with E-state index in [4.69, 9.17) is 17.3 Å². The zero-order valence-electron chi connectivity index (χ0n) is 9.35. The lowest BCUT2D eigenvalue weighted by Crippen LogP contribution is -2.27. The van der Waals surface area contributed by atoms with Crippen LogP contribution in [0.15, 0.2) is 12.1 Å².